The highest BCUT2D eigenvalue weighted by molar-refractivity contribution is 5.84. The van der Waals surface area contributed by atoms with Gasteiger partial charge in [0.15, 0.2) is 11.6 Å². The van der Waals surface area contributed by atoms with Crippen molar-refractivity contribution < 1.29 is 28.9 Å². The van der Waals surface area contributed by atoms with Crippen molar-refractivity contribution in [2.24, 2.45) is 5.41 Å². The van der Waals surface area contributed by atoms with Gasteiger partial charge < -0.3 is 19.8 Å². The van der Waals surface area contributed by atoms with Crippen molar-refractivity contribution in [1.82, 2.24) is 4.90 Å². The maximum Gasteiger partial charge on any atom is 0.315 e. The van der Waals surface area contributed by atoms with Crippen molar-refractivity contribution >= 4 is 11.9 Å². The Hall–Kier alpha value is -3.09. The monoisotopic (exact) mass is 371 g/mol. The van der Waals surface area contributed by atoms with Crippen LogP contribution < -0.4 is 4.74 Å². The summed E-state index contributed by atoms with van der Waals surface area (Å²) in [7, 11) is 0. The lowest BCUT2D eigenvalue weighted by atomic mass is 9.73. The van der Waals surface area contributed by atoms with Crippen molar-refractivity contribution in [2.75, 3.05) is 19.7 Å². The number of amides is 1. The third-order valence-electron chi connectivity index (χ3n) is 5.47. The molecule has 2 heterocycles. The van der Waals surface area contributed by atoms with Crippen LogP contribution in [0.15, 0.2) is 42.5 Å². The van der Waals surface area contributed by atoms with Crippen molar-refractivity contribution in [2.45, 2.75) is 12.3 Å². The predicted molar refractivity (Wildman–Crippen MR) is 93.1 cm³/mol. The second-order valence-electron chi connectivity index (χ2n) is 7.08. The average molecular weight is 371 g/mol. The van der Waals surface area contributed by atoms with Crippen LogP contribution >= 0.6 is 0 Å². The summed E-state index contributed by atoms with van der Waals surface area (Å²) < 4.78 is 19.2. The lowest BCUT2D eigenvalue weighted by Gasteiger charge is -2.35. The lowest BCUT2D eigenvalue weighted by molar-refractivity contribution is -0.152. The van der Waals surface area contributed by atoms with E-state index in [1.54, 1.807) is 6.07 Å². The number of rotatable bonds is 3. The molecule has 0 unspecified atom stereocenters. The van der Waals surface area contributed by atoms with E-state index >= 15 is 0 Å². The number of para-hydroxylation sites is 1. The first-order chi connectivity index (χ1) is 12.9. The van der Waals surface area contributed by atoms with Gasteiger partial charge in [0.2, 0.25) is 5.91 Å². The molecule has 2 N–H and O–H groups in total. The number of fused-ring (bicyclic) bond motifs is 3. The number of hydrogen-bond acceptors (Lipinski definition) is 4. The quantitative estimate of drug-likeness (QED) is 0.864. The Kier molecular flexibility index (Phi) is 4.02. The van der Waals surface area contributed by atoms with Crippen LogP contribution in [0.2, 0.25) is 0 Å². The first-order valence-electron chi connectivity index (χ1n) is 8.61. The molecule has 140 valence electrons. The number of phenols is 1. The Morgan fingerprint density at radius 3 is 2.78 bits per heavy atom. The Labute approximate surface area is 154 Å². The number of carboxylic acids is 1. The molecule has 2 aliphatic heterocycles. The molecule has 0 bridgehead atoms. The molecule has 6 nitrogen and oxygen atoms in total. The van der Waals surface area contributed by atoms with Crippen molar-refractivity contribution in [3.8, 4) is 11.5 Å². The predicted octanol–water partition coefficient (Wildman–Crippen LogP) is 2.16. The van der Waals surface area contributed by atoms with Crippen LogP contribution in [0.4, 0.5) is 4.39 Å². The molecule has 1 saturated heterocycles. The Bertz CT molecular complexity index is 930. The number of aliphatic carboxylic acids is 1. The average Bonchev–Trinajstić information content (AvgIpc) is 3.07. The van der Waals surface area contributed by atoms with Gasteiger partial charge in [0.05, 0.1) is 6.42 Å². The van der Waals surface area contributed by atoms with Crippen LogP contribution in [0.25, 0.3) is 0 Å². The fraction of sp³-hybridized carbons (Fsp3) is 0.300. The van der Waals surface area contributed by atoms with E-state index in [1.807, 2.05) is 18.2 Å². The molecule has 27 heavy (non-hydrogen) atoms. The molecule has 2 atom stereocenters. The summed E-state index contributed by atoms with van der Waals surface area (Å²) in [6.45, 7) is 0.314. The Morgan fingerprint density at radius 1 is 1.26 bits per heavy atom. The normalized spacial score (nSPS) is 23.3. The number of benzene rings is 2. The number of carboxylic acid groups (broad SMARTS) is 1. The fourth-order valence-electron chi connectivity index (χ4n) is 3.97. The number of phenolic OH excluding ortho intramolecular Hbond substituents is 1. The molecule has 1 fully saturated rings. The number of carbonyl (C=O) groups excluding carboxylic acids is 1. The molecule has 7 heteroatoms. The van der Waals surface area contributed by atoms with Gasteiger partial charge >= 0.3 is 5.97 Å². The zero-order chi connectivity index (χ0) is 19.2. The zero-order valence-electron chi connectivity index (χ0n) is 14.4. The summed E-state index contributed by atoms with van der Waals surface area (Å²) >= 11 is 0. The highest BCUT2D eigenvalue weighted by Crippen LogP contribution is 2.49. The van der Waals surface area contributed by atoms with Crippen molar-refractivity contribution in [3.05, 3.63) is 59.4 Å². The standard InChI is InChI=1S/C20H18FNO5/c21-15-7-12(5-6-16(15)23)8-18(24)22-9-14-13-3-1-2-4-17(13)27-11-20(14,10-22)19(25)26/h1-7,14,23H,8-11H2,(H,25,26)/t14-,20-/m0/s1. The van der Waals surface area contributed by atoms with Crippen LogP contribution in [0.3, 0.4) is 0 Å². The van der Waals surface area contributed by atoms with Gasteiger partial charge in [-0.2, -0.15) is 0 Å². The third kappa shape index (κ3) is 2.79. The van der Waals surface area contributed by atoms with Crippen LogP contribution in [-0.2, 0) is 16.0 Å². The summed E-state index contributed by atoms with van der Waals surface area (Å²) in [5, 5.41) is 19.2. The summed E-state index contributed by atoms with van der Waals surface area (Å²) in [4.78, 5) is 26.3. The molecule has 0 saturated carbocycles. The second kappa shape index (κ2) is 6.26. The van der Waals surface area contributed by atoms with E-state index in [1.165, 1.54) is 17.0 Å². The number of ether oxygens (including phenoxy) is 1. The van der Waals surface area contributed by atoms with Crippen LogP contribution in [0.5, 0.6) is 11.5 Å². The van der Waals surface area contributed by atoms with E-state index in [0.717, 1.165) is 11.6 Å². The molecular weight excluding hydrogens is 353 g/mol. The molecule has 0 aromatic heterocycles. The van der Waals surface area contributed by atoms with Crippen LogP contribution in [-0.4, -0.2) is 46.7 Å². The zero-order valence-corrected chi connectivity index (χ0v) is 14.4. The van der Waals surface area contributed by atoms with Gasteiger partial charge in [-0.15, -0.1) is 0 Å². The van der Waals surface area contributed by atoms with Crippen LogP contribution in [0, 0.1) is 11.2 Å². The summed E-state index contributed by atoms with van der Waals surface area (Å²) in [6.07, 6.45) is -0.0673. The van der Waals surface area contributed by atoms with Gasteiger partial charge in [-0.1, -0.05) is 24.3 Å². The summed E-state index contributed by atoms with van der Waals surface area (Å²) in [5.41, 5.74) is 0.0212. The molecular formula is C20H18FNO5. The topological polar surface area (TPSA) is 87.1 Å². The van der Waals surface area contributed by atoms with Crippen LogP contribution in [0.1, 0.15) is 17.0 Å². The number of aromatic hydroxyl groups is 1. The van der Waals surface area contributed by atoms with Gasteiger partial charge in [0.25, 0.3) is 0 Å². The third-order valence-corrected chi connectivity index (χ3v) is 5.47. The van der Waals surface area contributed by atoms with Crippen molar-refractivity contribution in [1.29, 1.82) is 0 Å². The van der Waals surface area contributed by atoms with E-state index in [0.29, 0.717) is 11.3 Å². The van der Waals surface area contributed by atoms with E-state index < -0.39 is 23.0 Å². The summed E-state index contributed by atoms with van der Waals surface area (Å²) in [6, 6.07) is 11.1. The largest absolute Gasteiger partial charge is 0.505 e. The number of carbonyl (C=O) groups is 2. The first kappa shape index (κ1) is 17.3. The number of halogens is 1. The SMILES string of the molecule is O=C(Cc1ccc(O)c(F)c1)N1C[C@H]2c3ccccc3OC[C@@]2(C(=O)O)C1. The Morgan fingerprint density at radius 2 is 2.04 bits per heavy atom. The first-order valence-corrected chi connectivity index (χ1v) is 8.61. The minimum absolute atomic E-state index is 0.00162. The van der Waals surface area contributed by atoms with E-state index in [4.69, 9.17) is 4.74 Å². The second-order valence-corrected chi connectivity index (χ2v) is 7.08. The number of nitrogens with zero attached hydrogens (tertiary/aromatic N) is 1. The van der Waals surface area contributed by atoms with Gasteiger partial charge in [-0.25, -0.2) is 4.39 Å². The Balaban J connectivity index is 1.60. The smallest absolute Gasteiger partial charge is 0.315 e. The molecule has 1 amide bonds. The minimum Gasteiger partial charge on any atom is -0.505 e. The summed E-state index contributed by atoms with van der Waals surface area (Å²) in [5.74, 6) is -2.26. The van der Waals surface area contributed by atoms with E-state index in [9.17, 15) is 24.2 Å². The molecule has 0 spiro atoms. The van der Waals surface area contributed by atoms with Gasteiger partial charge in [-0.05, 0) is 23.8 Å². The molecule has 2 aromatic rings. The number of hydrogen-bond donors (Lipinski definition) is 2. The molecule has 2 aliphatic rings. The molecule has 0 aliphatic carbocycles. The molecule has 2 aromatic carbocycles. The minimum atomic E-state index is -1.19. The van der Waals surface area contributed by atoms with Gasteiger partial charge in [-0.3, -0.25) is 9.59 Å². The lowest BCUT2D eigenvalue weighted by Crippen LogP contribution is -2.46. The van der Waals surface area contributed by atoms with E-state index in [2.05, 4.69) is 0 Å². The van der Waals surface area contributed by atoms with Gasteiger partial charge in [0, 0.05) is 24.6 Å². The van der Waals surface area contributed by atoms with Crippen molar-refractivity contribution in [3.63, 3.8) is 0 Å². The number of likely N-dealkylation sites (tertiary alicyclic amines) is 1. The molecule has 4 rings (SSSR count). The highest BCUT2D eigenvalue weighted by atomic mass is 19.1. The highest BCUT2D eigenvalue weighted by Gasteiger charge is 2.57. The maximum absolute atomic E-state index is 13.5. The van der Waals surface area contributed by atoms with E-state index in [-0.39, 0.29) is 37.9 Å². The van der Waals surface area contributed by atoms with Gasteiger partial charge in [0.1, 0.15) is 17.8 Å². The fourth-order valence-corrected chi connectivity index (χ4v) is 3.97. The maximum atomic E-state index is 13.5. The molecule has 0 radical (unpaired) electrons.